The van der Waals surface area contributed by atoms with Crippen molar-refractivity contribution < 1.29 is 4.79 Å². The summed E-state index contributed by atoms with van der Waals surface area (Å²) in [5.41, 5.74) is 3.40. The maximum absolute atomic E-state index is 11.2. The number of carbonyl (C=O) groups is 1. The number of rotatable bonds is 2. The Balaban J connectivity index is 2.31. The third-order valence-electron chi connectivity index (χ3n) is 2.85. The van der Waals surface area contributed by atoms with Crippen LogP contribution < -0.4 is 0 Å². The fourth-order valence-electron chi connectivity index (χ4n) is 1.71. The maximum atomic E-state index is 11.2. The zero-order chi connectivity index (χ0) is 13.3. The van der Waals surface area contributed by atoms with Crippen LogP contribution in [0.1, 0.15) is 43.1 Å². The van der Waals surface area contributed by atoms with Gasteiger partial charge in [-0.15, -0.1) is 11.3 Å². The molecule has 0 N–H and O–H groups in total. The molecular weight excluding hydrogens is 242 g/mol. The van der Waals surface area contributed by atoms with Gasteiger partial charge in [0.2, 0.25) is 0 Å². The van der Waals surface area contributed by atoms with Crippen molar-refractivity contribution in [1.82, 2.24) is 4.98 Å². The summed E-state index contributed by atoms with van der Waals surface area (Å²) in [5, 5.41) is 2.51. The SMILES string of the molecule is CC(=O)c1nc(-c2ccc(C(C)(C)C)cc2)cs1. The number of carbonyl (C=O) groups excluding carboxylic acids is 1. The van der Waals surface area contributed by atoms with E-state index in [1.807, 2.05) is 5.38 Å². The highest BCUT2D eigenvalue weighted by Crippen LogP contribution is 2.27. The van der Waals surface area contributed by atoms with Crippen molar-refractivity contribution in [3.63, 3.8) is 0 Å². The summed E-state index contributed by atoms with van der Waals surface area (Å²) < 4.78 is 0. The standard InChI is InChI=1S/C15H17NOS/c1-10(17)14-16-13(9-18-14)11-5-7-12(8-6-11)15(2,3)4/h5-9H,1-4H3. The Hall–Kier alpha value is -1.48. The van der Waals surface area contributed by atoms with Crippen molar-refractivity contribution in [1.29, 1.82) is 0 Å². The quantitative estimate of drug-likeness (QED) is 0.752. The number of aromatic nitrogens is 1. The van der Waals surface area contributed by atoms with E-state index in [-0.39, 0.29) is 11.2 Å². The third-order valence-corrected chi connectivity index (χ3v) is 3.80. The molecule has 0 fully saturated rings. The smallest absolute Gasteiger partial charge is 0.188 e. The van der Waals surface area contributed by atoms with E-state index < -0.39 is 0 Å². The van der Waals surface area contributed by atoms with Crippen molar-refractivity contribution in [3.8, 4) is 11.3 Å². The Bertz CT molecular complexity index is 561. The summed E-state index contributed by atoms with van der Waals surface area (Å²) in [4.78, 5) is 15.6. The first-order valence-electron chi connectivity index (χ1n) is 5.95. The Morgan fingerprint density at radius 1 is 1.17 bits per heavy atom. The fourth-order valence-corrected chi connectivity index (χ4v) is 2.44. The first-order chi connectivity index (χ1) is 8.38. The number of Topliss-reactive ketones (excluding diaryl/α,β-unsaturated/α-hetero) is 1. The maximum Gasteiger partial charge on any atom is 0.188 e. The second-order valence-corrected chi connectivity index (χ2v) is 6.28. The molecule has 0 aliphatic carbocycles. The van der Waals surface area contributed by atoms with E-state index in [1.54, 1.807) is 6.92 Å². The van der Waals surface area contributed by atoms with Crippen molar-refractivity contribution in [2.24, 2.45) is 0 Å². The Morgan fingerprint density at radius 3 is 2.22 bits per heavy atom. The second kappa shape index (κ2) is 4.65. The minimum absolute atomic E-state index is 0.0255. The molecule has 0 saturated heterocycles. The van der Waals surface area contributed by atoms with Gasteiger partial charge in [-0.05, 0) is 11.0 Å². The lowest BCUT2D eigenvalue weighted by molar-refractivity contribution is 0.101. The molecule has 1 aromatic heterocycles. The van der Waals surface area contributed by atoms with Crippen LogP contribution in [0.25, 0.3) is 11.3 Å². The Kier molecular flexibility index (Phi) is 3.35. The number of thiazole rings is 1. The summed E-state index contributed by atoms with van der Waals surface area (Å²) >= 11 is 1.40. The summed E-state index contributed by atoms with van der Waals surface area (Å²) in [6.07, 6.45) is 0. The van der Waals surface area contributed by atoms with Crippen LogP contribution in [0.4, 0.5) is 0 Å². The topological polar surface area (TPSA) is 30.0 Å². The molecule has 0 radical (unpaired) electrons. The van der Waals surface area contributed by atoms with Crippen LogP contribution in [-0.4, -0.2) is 10.8 Å². The van der Waals surface area contributed by atoms with E-state index in [0.717, 1.165) is 11.3 Å². The molecule has 1 aromatic carbocycles. The molecule has 2 rings (SSSR count). The van der Waals surface area contributed by atoms with Gasteiger partial charge in [-0.2, -0.15) is 0 Å². The van der Waals surface area contributed by atoms with Gasteiger partial charge >= 0.3 is 0 Å². The highest BCUT2D eigenvalue weighted by Gasteiger charge is 2.14. The minimum Gasteiger partial charge on any atom is -0.292 e. The molecule has 0 amide bonds. The van der Waals surface area contributed by atoms with E-state index in [4.69, 9.17) is 0 Å². The van der Waals surface area contributed by atoms with Gasteiger partial charge in [-0.25, -0.2) is 4.98 Å². The van der Waals surface area contributed by atoms with Crippen LogP contribution in [0, 0.1) is 0 Å². The van der Waals surface area contributed by atoms with Gasteiger partial charge in [0.25, 0.3) is 0 Å². The largest absolute Gasteiger partial charge is 0.292 e. The van der Waals surface area contributed by atoms with E-state index >= 15 is 0 Å². The molecule has 0 saturated carbocycles. The van der Waals surface area contributed by atoms with Crippen molar-refractivity contribution in [3.05, 3.63) is 40.2 Å². The summed E-state index contributed by atoms with van der Waals surface area (Å²) in [5.74, 6) is 0.0255. The van der Waals surface area contributed by atoms with Gasteiger partial charge < -0.3 is 0 Å². The lowest BCUT2D eigenvalue weighted by Gasteiger charge is -2.18. The molecule has 0 aliphatic heterocycles. The van der Waals surface area contributed by atoms with E-state index in [1.165, 1.54) is 16.9 Å². The van der Waals surface area contributed by atoms with Gasteiger partial charge in [0.05, 0.1) is 5.69 Å². The van der Waals surface area contributed by atoms with Crippen molar-refractivity contribution >= 4 is 17.1 Å². The fraction of sp³-hybridized carbons (Fsp3) is 0.333. The Morgan fingerprint density at radius 2 is 1.78 bits per heavy atom. The molecule has 2 nitrogen and oxygen atoms in total. The highest BCUT2D eigenvalue weighted by molar-refractivity contribution is 7.12. The average molecular weight is 259 g/mol. The van der Waals surface area contributed by atoms with Crippen molar-refractivity contribution in [2.75, 3.05) is 0 Å². The molecule has 3 heteroatoms. The lowest BCUT2D eigenvalue weighted by Crippen LogP contribution is -2.10. The van der Waals surface area contributed by atoms with Gasteiger partial charge in [0, 0.05) is 17.9 Å². The Labute approximate surface area is 112 Å². The monoisotopic (exact) mass is 259 g/mol. The summed E-state index contributed by atoms with van der Waals surface area (Å²) in [6.45, 7) is 8.13. The molecule has 18 heavy (non-hydrogen) atoms. The van der Waals surface area contributed by atoms with Crippen molar-refractivity contribution in [2.45, 2.75) is 33.1 Å². The molecule has 0 bridgehead atoms. The van der Waals surface area contributed by atoms with Crippen LogP contribution in [0.15, 0.2) is 29.6 Å². The first-order valence-corrected chi connectivity index (χ1v) is 6.83. The zero-order valence-electron chi connectivity index (χ0n) is 11.2. The number of nitrogens with zero attached hydrogens (tertiary/aromatic N) is 1. The molecule has 2 aromatic rings. The zero-order valence-corrected chi connectivity index (χ0v) is 12.0. The number of hydrogen-bond acceptors (Lipinski definition) is 3. The number of benzene rings is 1. The highest BCUT2D eigenvalue weighted by atomic mass is 32.1. The van der Waals surface area contributed by atoms with Crippen LogP contribution >= 0.6 is 11.3 Å². The lowest BCUT2D eigenvalue weighted by atomic mass is 9.86. The average Bonchev–Trinajstić information content (AvgIpc) is 2.77. The van der Waals surface area contributed by atoms with Gasteiger partial charge in [-0.3, -0.25) is 4.79 Å². The predicted molar refractivity (Wildman–Crippen MR) is 76.3 cm³/mol. The molecule has 1 heterocycles. The van der Waals surface area contributed by atoms with Crippen LogP contribution in [0.5, 0.6) is 0 Å². The van der Waals surface area contributed by atoms with E-state index in [2.05, 4.69) is 50.0 Å². The number of ketones is 1. The molecule has 0 spiro atoms. The predicted octanol–water partition coefficient (Wildman–Crippen LogP) is 4.31. The second-order valence-electron chi connectivity index (χ2n) is 5.42. The van der Waals surface area contributed by atoms with Crippen LogP contribution in [0.3, 0.4) is 0 Å². The van der Waals surface area contributed by atoms with E-state index in [0.29, 0.717) is 5.01 Å². The van der Waals surface area contributed by atoms with Gasteiger partial charge in [0.1, 0.15) is 0 Å². The molecule has 0 aliphatic rings. The summed E-state index contributed by atoms with van der Waals surface area (Å²) in [6, 6.07) is 8.39. The van der Waals surface area contributed by atoms with Crippen LogP contribution in [0.2, 0.25) is 0 Å². The number of hydrogen-bond donors (Lipinski definition) is 0. The van der Waals surface area contributed by atoms with Gasteiger partial charge in [-0.1, -0.05) is 45.0 Å². The molecular formula is C15H17NOS. The minimum atomic E-state index is 0.0255. The van der Waals surface area contributed by atoms with Gasteiger partial charge in [0.15, 0.2) is 10.8 Å². The molecule has 0 atom stereocenters. The molecule has 0 unspecified atom stereocenters. The van der Waals surface area contributed by atoms with Crippen LogP contribution in [-0.2, 0) is 5.41 Å². The third kappa shape index (κ3) is 2.67. The molecule has 94 valence electrons. The first kappa shape index (κ1) is 13.0. The normalized spacial score (nSPS) is 11.6. The summed E-state index contributed by atoms with van der Waals surface area (Å²) in [7, 11) is 0. The van der Waals surface area contributed by atoms with E-state index in [9.17, 15) is 4.79 Å².